The van der Waals surface area contributed by atoms with Gasteiger partial charge in [0.25, 0.3) is 0 Å². The molecule has 1 aliphatic rings. The van der Waals surface area contributed by atoms with Crippen LogP contribution in [0.2, 0.25) is 0 Å². The Balaban J connectivity index is 1.39. The van der Waals surface area contributed by atoms with Crippen LogP contribution in [0.4, 0.5) is 10.1 Å². The molecular weight excluding hydrogens is 419 g/mol. The fraction of sp³-hybridized carbons (Fsp3) is 0.273. The quantitative estimate of drug-likeness (QED) is 0.636. The summed E-state index contributed by atoms with van der Waals surface area (Å²) in [5, 5.41) is 7.12. The van der Waals surface area contributed by atoms with Gasteiger partial charge in [0.2, 0.25) is 15.9 Å². The monoisotopic (exact) mass is 442 g/mol. The van der Waals surface area contributed by atoms with Gasteiger partial charge in [-0.25, -0.2) is 12.8 Å². The topological polar surface area (TPSA) is 84.3 Å². The van der Waals surface area contributed by atoms with E-state index in [0.29, 0.717) is 31.6 Å². The first-order chi connectivity index (χ1) is 14.9. The van der Waals surface area contributed by atoms with Gasteiger partial charge >= 0.3 is 0 Å². The Hall–Kier alpha value is -3.04. The molecule has 1 saturated heterocycles. The number of hydrogen-bond acceptors (Lipinski definition) is 4. The highest BCUT2D eigenvalue weighted by Crippen LogP contribution is 2.25. The van der Waals surface area contributed by atoms with Crippen LogP contribution in [-0.2, 0) is 21.4 Å². The summed E-state index contributed by atoms with van der Waals surface area (Å²) in [6.07, 6.45) is 4.50. The van der Waals surface area contributed by atoms with E-state index in [1.807, 2.05) is 30.3 Å². The number of hydrogen-bond donors (Lipinski definition) is 1. The third-order valence-electron chi connectivity index (χ3n) is 5.29. The van der Waals surface area contributed by atoms with Gasteiger partial charge in [-0.3, -0.25) is 9.48 Å². The molecule has 2 aromatic carbocycles. The van der Waals surface area contributed by atoms with E-state index in [1.165, 1.54) is 16.4 Å². The van der Waals surface area contributed by atoms with Crippen LogP contribution in [0.25, 0.3) is 0 Å². The number of sulfonamides is 1. The molecule has 162 valence electrons. The third-order valence-corrected chi connectivity index (χ3v) is 7.17. The van der Waals surface area contributed by atoms with Crippen molar-refractivity contribution in [1.29, 1.82) is 0 Å². The predicted octanol–water partition coefficient (Wildman–Crippen LogP) is 3.11. The molecule has 1 atom stereocenters. The molecule has 4 rings (SSSR count). The Labute approximate surface area is 180 Å². The zero-order valence-electron chi connectivity index (χ0n) is 16.8. The average Bonchev–Trinajstić information content (AvgIpc) is 3.21. The summed E-state index contributed by atoms with van der Waals surface area (Å²) >= 11 is 0. The van der Waals surface area contributed by atoms with Crippen LogP contribution < -0.4 is 5.32 Å². The van der Waals surface area contributed by atoms with Gasteiger partial charge in [-0.05, 0) is 42.7 Å². The van der Waals surface area contributed by atoms with Gasteiger partial charge in [-0.2, -0.15) is 9.40 Å². The van der Waals surface area contributed by atoms with E-state index in [0.717, 1.165) is 17.7 Å². The van der Waals surface area contributed by atoms with Gasteiger partial charge in [-0.15, -0.1) is 0 Å². The number of piperidine rings is 1. The van der Waals surface area contributed by atoms with Crippen LogP contribution >= 0.6 is 0 Å². The average molecular weight is 443 g/mol. The normalized spacial score (nSPS) is 17.4. The van der Waals surface area contributed by atoms with Crippen LogP contribution in [0.3, 0.4) is 0 Å². The first kappa shape index (κ1) is 21.2. The second kappa shape index (κ2) is 8.99. The molecule has 2 heterocycles. The highest BCUT2D eigenvalue weighted by atomic mass is 32.2. The molecule has 1 unspecified atom stereocenters. The lowest BCUT2D eigenvalue weighted by molar-refractivity contribution is -0.120. The summed E-state index contributed by atoms with van der Waals surface area (Å²) in [6.45, 7) is 1.01. The molecule has 3 aromatic rings. The standard InChI is InChI=1S/C22H23FN4O3S/c23-19-8-10-21(11-9-19)31(29,30)27-12-4-7-18(15-27)22(28)25-20-13-24-26(16-20)14-17-5-2-1-3-6-17/h1-3,5-6,8-11,13,16,18H,4,7,12,14-15H2,(H,25,28). The van der Waals surface area contributed by atoms with Crippen LogP contribution in [0.1, 0.15) is 18.4 Å². The number of aromatic nitrogens is 2. The van der Waals surface area contributed by atoms with Crippen molar-refractivity contribution in [2.75, 3.05) is 18.4 Å². The maximum Gasteiger partial charge on any atom is 0.243 e. The molecule has 9 heteroatoms. The molecule has 7 nitrogen and oxygen atoms in total. The van der Waals surface area contributed by atoms with Gasteiger partial charge in [0, 0.05) is 19.3 Å². The first-order valence-electron chi connectivity index (χ1n) is 10.0. The number of amides is 1. The second-order valence-electron chi connectivity index (χ2n) is 7.56. The number of carbonyl (C=O) groups excluding carboxylic acids is 1. The molecule has 0 radical (unpaired) electrons. The zero-order chi connectivity index (χ0) is 21.8. The van der Waals surface area contributed by atoms with Crippen LogP contribution in [0, 0.1) is 11.7 Å². The van der Waals surface area contributed by atoms with Crippen molar-refractivity contribution in [3.8, 4) is 0 Å². The Morgan fingerprint density at radius 1 is 1.13 bits per heavy atom. The fourth-order valence-corrected chi connectivity index (χ4v) is 5.18. The highest BCUT2D eigenvalue weighted by molar-refractivity contribution is 7.89. The summed E-state index contributed by atoms with van der Waals surface area (Å²) in [7, 11) is -3.78. The van der Waals surface area contributed by atoms with Gasteiger partial charge in [0.15, 0.2) is 0 Å². The summed E-state index contributed by atoms with van der Waals surface area (Å²) in [5.41, 5.74) is 1.66. The van der Waals surface area contributed by atoms with Gasteiger partial charge in [0.05, 0.1) is 29.2 Å². The first-order valence-corrected chi connectivity index (χ1v) is 11.5. The molecule has 0 aliphatic carbocycles. The maximum absolute atomic E-state index is 13.1. The molecular formula is C22H23FN4O3S. The van der Waals surface area contributed by atoms with Crippen molar-refractivity contribution < 1.29 is 17.6 Å². The summed E-state index contributed by atoms with van der Waals surface area (Å²) in [6, 6.07) is 14.6. The van der Waals surface area contributed by atoms with Crippen LogP contribution in [0.15, 0.2) is 71.9 Å². The molecule has 1 aliphatic heterocycles. The molecule has 0 saturated carbocycles. The molecule has 0 bridgehead atoms. The van der Waals surface area contributed by atoms with E-state index < -0.39 is 21.8 Å². The number of halogens is 1. The lowest BCUT2D eigenvalue weighted by atomic mass is 9.99. The molecule has 1 N–H and O–H groups in total. The molecule has 1 aromatic heterocycles. The lowest BCUT2D eigenvalue weighted by Gasteiger charge is -2.31. The number of anilines is 1. The van der Waals surface area contributed by atoms with Crippen molar-refractivity contribution in [2.24, 2.45) is 5.92 Å². The summed E-state index contributed by atoms with van der Waals surface area (Å²) in [4.78, 5) is 12.8. The Morgan fingerprint density at radius 2 is 1.87 bits per heavy atom. The van der Waals surface area contributed by atoms with Crippen LogP contribution in [-0.4, -0.2) is 41.5 Å². The van der Waals surface area contributed by atoms with E-state index in [-0.39, 0.29) is 17.3 Å². The fourth-order valence-electron chi connectivity index (χ4n) is 3.66. The van der Waals surface area contributed by atoms with Gasteiger partial charge in [-0.1, -0.05) is 30.3 Å². The SMILES string of the molecule is O=C(Nc1cnn(Cc2ccccc2)c1)C1CCCN(S(=O)(=O)c2ccc(F)cc2)C1. The van der Waals surface area contributed by atoms with Crippen molar-refractivity contribution >= 4 is 21.6 Å². The number of rotatable bonds is 6. The van der Waals surface area contributed by atoms with Crippen molar-refractivity contribution in [3.05, 3.63) is 78.4 Å². The third kappa shape index (κ3) is 5.00. The minimum atomic E-state index is -3.78. The maximum atomic E-state index is 13.1. The summed E-state index contributed by atoms with van der Waals surface area (Å²) < 4.78 is 41.9. The largest absolute Gasteiger partial charge is 0.323 e. The number of benzene rings is 2. The van der Waals surface area contributed by atoms with Crippen molar-refractivity contribution in [2.45, 2.75) is 24.3 Å². The van der Waals surface area contributed by atoms with E-state index in [4.69, 9.17) is 0 Å². The van der Waals surface area contributed by atoms with Gasteiger partial charge in [0.1, 0.15) is 5.82 Å². The molecule has 31 heavy (non-hydrogen) atoms. The minimum Gasteiger partial charge on any atom is -0.323 e. The van der Waals surface area contributed by atoms with Crippen LogP contribution in [0.5, 0.6) is 0 Å². The van der Waals surface area contributed by atoms with Crippen molar-refractivity contribution in [1.82, 2.24) is 14.1 Å². The summed E-state index contributed by atoms with van der Waals surface area (Å²) in [5.74, 6) is -1.21. The minimum absolute atomic E-state index is 0.0251. The smallest absolute Gasteiger partial charge is 0.243 e. The van der Waals surface area contributed by atoms with E-state index in [1.54, 1.807) is 17.1 Å². The van der Waals surface area contributed by atoms with E-state index in [9.17, 15) is 17.6 Å². The Kier molecular flexibility index (Phi) is 6.15. The van der Waals surface area contributed by atoms with E-state index in [2.05, 4.69) is 10.4 Å². The van der Waals surface area contributed by atoms with Crippen molar-refractivity contribution in [3.63, 3.8) is 0 Å². The molecule has 1 amide bonds. The van der Waals surface area contributed by atoms with E-state index >= 15 is 0 Å². The number of carbonyl (C=O) groups is 1. The van der Waals surface area contributed by atoms with Gasteiger partial charge < -0.3 is 5.32 Å². The molecule has 1 fully saturated rings. The molecule has 0 spiro atoms. The Morgan fingerprint density at radius 3 is 2.61 bits per heavy atom. The highest BCUT2D eigenvalue weighted by Gasteiger charge is 2.33. The second-order valence-corrected chi connectivity index (χ2v) is 9.50. The zero-order valence-corrected chi connectivity index (χ0v) is 17.6. The Bertz CT molecular complexity index is 1150. The predicted molar refractivity (Wildman–Crippen MR) is 114 cm³/mol. The lowest BCUT2D eigenvalue weighted by Crippen LogP contribution is -2.43. The number of nitrogens with zero attached hydrogens (tertiary/aromatic N) is 3. The number of nitrogens with one attached hydrogen (secondary N) is 1.